The van der Waals surface area contributed by atoms with Crippen molar-refractivity contribution in [3.63, 3.8) is 0 Å². The molecule has 6 heteroatoms. The molecule has 4 heterocycles. The molecule has 0 unspecified atom stereocenters. The lowest BCUT2D eigenvalue weighted by atomic mass is 10.00. The summed E-state index contributed by atoms with van der Waals surface area (Å²) in [7, 11) is 0. The zero-order valence-electron chi connectivity index (χ0n) is 30.4. The first-order valence-corrected chi connectivity index (χ1v) is 20.6. The third kappa shape index (κ3) is 5.22. The Morgan fingerprint density at radius 3 is 1.79 bits per heavy atom. The number of thiophene rings is 2. The fourth-order valence-corrected chi connectivity index (χ4v) is 10.7. The first kappa shape index (κ1) is 32.3. The maximum atomic E-state index is 5.22. The van der Waals surface area contributed by atoms with Crippen LogP contribution in [0.5, 0.6) is 0 Å². The number of rotatable bonds is 5. The highest BCUT2D eigenvalue weighted by atomic mass is 32.1. The van der Waals surface area contributed by atoms with Gasteiger partial charge in [-0.05, 0) is 65.7 Å². The van der Waals surface area contributed by atoms with Crippen LogP contribution in [0.4, 0.5) is 0 Å². The van der Waals surface area contributed by atoms with Crippen LogP contribution in [-0.4, -0.2) is 19.5 Å². The summed E-state index contributed by atoms with van der Waals surface area (Å²) in [5.74, 6) is 2.00. The molecule has 4 aromatic heterocycles. The molecule has 8 aromatic carbocycles. The molecule has 0 aliphatic rings. The summed E-state index contributed by atoms with van der Waals surface area (Å²) in [6, 6.07) is 65.0. The second-order valence-electron chi connectivity index (χ2n) is 14.4. The minimum atomic E-state index is 0.662. The Hall–Kier alpha value is -6.99. The number of aromatic nitrogens is 4. The van der Waals surface area contributed by atoms with E-state index in [4.69, 9.17) is 15.0 Å². The number of nitrogens with zero attached hydrogens (tertiary/aromatic N) is 4. The second kappa shape index (κ2) is 12.8. The molecule has 57 heavy (non-hydrogen) atoms. The number of fused-ring (bicyclic) bond motifs is 9. The summed E-state index contributed by atoms with van der Waals surface area (Å²) < 4.78 is 7.30. The van der Waals surface area contributed by atoms with Crippen molar-refractivity contribution in [2.75, 3.05) is 0 Å². The zero-order chi connectivity index (χ0) is 37.5. The number of para-hydroxylation sites is 2. The van der Waals surface area contributed by atoms with Crippen molar-refractivity contribution >= 4 is 84.8 Å². The molecule has 0 spiro atoms. The Labute approximate surface area is 335 Å². The van der Waals surface area contributed by atoms with Crippen LogP contribution in [0.1, 0.15) is 0 Å². The smallest absolute Gasteiger partial charge is 0.164 e. The lowest BCUT2D eigenvalue weighted by molar-refractivity contribution is 1.08. The Kier molecular flexibility index (Phi) is 7.24. The van der Waals surface area contributed by atoms with Crippen molar-refractivity contribution in [2.24, 2.45) is 0 Å². The maximum Gasteiger partial charge on any atom is 0.164 e. The Balaban J connectivity index is 1.00. The normalized spacial score (nSPS) is 11.9. The van der Waals surface area contributed by atoms with Crippen LogP contribution < -0.4 is 0 Å². The van der Waals surface area contributed by atoms with Crippen molar-refractivity contribution in [2.45, 2.75) is 0 Å². The van der Waals surface area contributed by atoms with Gasteiger partial charge in [-0.1, -0.05) is 127 Å². The van der Waals surface area contributed by atoms with E-state index in [2.05, 4.69) is 168 Å². The predicted octanol–water partition coefficient (Wildman–Crippen LogP) is 14.4. The van der Waals surface area contributed by atoms with Gasteiger partial charge < -0.3 is 4.57 Å². The molecule has 0 fully saturated rings. The highest BCUT2D eigenvalue weighted by Crippen LogP contribution is 2.43. The zero-order valence-corrected chi connectivity index (χ0v) is 32.1. The van der Waals surface area contributed by atoms with Crippen LogP contribution in [0.25, 0.3) is 113 Å². The molecule has 0 amide bonds. The third-order valence-corrected chi connectivity index (χ3v) is 13.3. The average molecular weight is 763 g/mol. The highest BCUT2D eigenvalue weighted by Gasteiger charge is 2.19. The van der Waals surface area contributed by atoms with Gasteiger partial charge in [0.15, 0.2) is 17.5 Å². The van der Waals surface area contributed by atoms with E-state index >= 15 is 0 Å². The van der Waals surface area contributed by atoms with E-state index in [1.54, 1.807) is 11.3 Å². The molecule has 266 valence electrons. The van der Waals surface area contributed by atoms with Gasteiger partial charge in [-0.15, -0.1) is 22.7 Å². The van der Waals surface area contributed by atoms with Gasteiger partial charge in [0, 0.05) is 73.5 Å². The molecular formula is C51H30N4S2. The summed E-state index contributed by atoms with van der Waals surface area (Å²) in [4.78, 5) is 15.5. The molecule has 4 nitrogen and oxygen atoms in total. The molecule has 0 aliphatic heterocycles. The fourth-order valence-electron chi connectivity index (χ4n) is 8.41. The highest BCUT2D eigenvalue weighted by molar-refractivity contribution is 7.26. The van der Waals surface area contributed by atoms with Gasteiger partial charge in [0.2, 0.25) is 0 Å². The van der Waals surface area contributed by atoms with E-state index in [1.807, 2.05) is 29.5 Å². The van der Waals surface area contributed by atoms with E-state index < -0.39 is 0 Å². The van der Waals surface area contributed by atoms with Crippen molar-refractivity contribution in [1.82, 2.24) is 19.5 Å². The minimum Gasteiger partial charge on any atom is -0.309 e. The first-order valence-electron chi connectivity index (χ1n) is 19.0. The van der Waals surface area contributed by atoms with Crippen LogP contribution in [0, 0.1) is 0 Å². The lowest BCUT2D eigenvalue weighted by Crippen LogP contribution is -2.00. The van der Waals surface area contributed by atoms with Gasteiger partial charge in [-0.25, -0.2) is 15.0 Å². The minimum absolute atomic E-state index is 0.662. The number of hydrogen-bond donors (Lipinski definition) is 0. The molecule has 0 N–H and O–H groups in total. The summed E-state index contributed by atoms with van der Waals surface area (Å²) in [6.45, 7) is 0. The standard InChI is InChI=1S/C51H30N4S2/c1-3-12-31(13-4-1)49-52-50(34-23-25-38-37-17-8-10-20-44(37)56-46(38)30-34)54-51(53-49)40-18-11-21-45-48(40)39-26-22-33(29-47(39)57-45)32-24-27-43-41(28-32)36-16-7-9-19-42(36)55(43)35-14-5-2-6-15-35/h1-30H. The van der Waals surface area contributed by atoms with Crippen molar-refractivity contribution in [1.29, 1.82) is 0 Å². The van der Waals surface area contributed by atoms with Gasteiger partial charge in [-0.2, -0.15) is 0 Å². The van der Waals surface area contributed by atoms with Gasteiger partial charge in [0.25, 0.3) is 0 Å². The van der Waals surface area contributed by atoms with E-state index in [-0.39, 0.29) is 0 Å². The van der Waals surface area contributed by atoms with Crippen LogP contribution in [0.2, 0.25) is 0 Å². The molecule has 12 aromatic rings. The van der Waals surface area contributed by atoms with Crippen molar-refractivity contribution in [3.8, 4) is 51.0 Å². The maximum absolute atomic E-state index is 5.22. The number of benzene rings is 8. The van der Waals surface area contributed by atoms with Crippen LogP contribution in [-0.2, 0) is 0 Å². The molecule has 0 atom stereocenters. The van der Waals surface area contributed by atoms with Crippen LogP contribution >= 0.6 is 22.7 Å². The first-order chi connectivity index (χ1) is 28.2. The lowest BCUT2D eigenvalue weighted by Gasteiger charge is -2.10. The van der Waals surface area contributed by atoms with Gasteiger partial charge in [0.05, 0.1) is 11.0 Å². The molecular weight excluding hydrogens is 733 g/mol. The second-order valence-corrected chi connectivity index (χ2v) is 16.6. The van der Waals surface area contributed by atoms with E-state index in [1.165, 1.54) is 73.3 Å². The summed E-state index contributed by atoms with van der Waals surface area (Å²) >= 11 is 3.62. The van der Waals surface area contributed by atoms with E-state index in [0.29, 0.717) is 17.5 Å². The van der Waals surface area contributed by atoms with Gasteiger partial charge >= 0.3 is 0 Å². The Morgan fingerprint density at radius 1 is 0.333 bits per heavy atom. The monoisotopic (exact) mass is 762 g/mol. The van der Waals surface area contributed by atoms with Crippen LogP contribution in [0.15, 0.2) is 182 Å². The molecule has 0 aliphatic carbocycles. The quantitative estimate of drug-likeness (QED) is 0.175. The van der Waals surface area contributed by atoms with E-state index in [9.17, 15) is 0 Å². The Bertz CT molecular complexity index is 3530. The molecule has 0 bridgehead atoms. The van der Waals surface area contributed by atoms with E-state index in [0.717, 1.165) is 22.4 Å². The van der Waals surface area contributed by atoms with Crippen LogP contribution in [0.3, 0.4) is 0 Å². The summed E-state index contributed by atoms with van der Waals surface area (Å²) in [5, 5.41) is 7.40. The van der Waals surface area contributed by atoms with Gasteiger partial charge in [-0.3, -0.25) is 0 Å². The molecule has 0 saturated heterocycles. The topological polar surface area (TPSA) is 43.6 Å². The SMILES string of the molecule is c1ccc(-c2nc(-c3ccc4c(c3)sc3ccccc34)nc(-c3cccc4sc5cc(-c6ccc7c(c6)c6ccccc6n7-c6ccccc6)ccc5c34)n2)cc1. The fraction of sp³-hybridized carbons (Fsp3) is 0. The largest absolute Gasteiger partial charge is 0.309 e. The summed E-state index contributed by atoms with van der Waals surface area (Å²) in [5.41, 5.74) is 8.91. The molecule has 0 saturated carbocycles. The predicted molar refractivity (Wildman–Crippen MR) is 242 cm³/mol. The Morgan fingerprint density at radius 2 is 0.912 bits per heavy atom. The average Bonchev–Trinajstić information content (AvgIpc) is 3.95. The third-order valence-electron chi connectivity index (χ3n) is 11.1. The molecule has 12 rings (SSSR count). The van der Waals surface area contributed by atoms with Gasteiger partial charge in [0.1, 0.15) is 0 Å². The van der Waals surface area contributed by atoms with Crippen molar-refractivity contribution in [3.05, 3.63) is 182 Å². The summed E-state index contributed by atoms with van der Waals surface area (Å²) in [6.07, 6.45) is 0. The van der Waals surface area contributed by atoms with Crippen molar-refractivity contribution < 1.29 is 0 Å². The molecule has 0 radical (unpaired) electrons. The number of hydrogen-bond acceptors (Lipinski definition) is 5.